The highest BCUT2D eigenvalue weighted by atomic mass is 16.5. The molecule has 1 amide bonds. The third kappa shape index (κ3) is 5.58. The van der Waals surface area contributed by atoms with Crippen LogP contribution in [0.3, 0.4) is 0 Å². The number of nitrogens with zero attached hydrogens (tertiary/aromatic N) is 1. The average Bonchev–Trinajstić information content (AvgIpc) is 2.74. The molecule has 0 saturated heterocycles. The number of amides is 1. The molecule has 0 radical (unpaired) electrons. The third-order valence-electron chi connectivity index (χ3n) is 4.47. The first kappa shape index (κ1) is 20.4. The van der Waals surface area contributed by atoms with Crippen molar-refractivity contribution in [2.24, 2.45) is 0 Å². The van der Waals surface area contributed by atoms with Gasteiger partial charge in [0.05, 0.1) is 18.4 Å². The van der Waals surface area contributed by atoms with Crippen molar-refractivity contribution in [1.29, 1.82) is 0 Å². The van der Waals surface area contributed by atoms with E-state index in [2.05, 4.69) is 27.5 Å². The van der Waals surface area contributed by atoms with Crippen molar-refractivity contribution in [2.75, 3.05) is 32.2 Å². The van der Waals surface area contributed by atoms with E-state index in [0.29, 0.717) is 49.7 Å². The van der Waals surface area contributed by atoms with Gasteiger partial charge in [0.15, 0.2) is 0 Å². The topological polar surface area (TPSA) is 84.5 Å². The van der Waals surface area contributed by atoms with Gasteiger partial charge in [-0.15, -0.1) is 0 Å². The lowest BCUT2D eigenvalue weighted by molar-refractivity contribution is -0.117. The van der Waals surface area contributed by atoms with E-state index in [1.165, 1.54) is 0 Å². The number of nitrogens with one attached hydrogen (secondary N) is 3. The van der Waals surface area contributed by atoms with Crippen LogP contribution in [-0.2, 0) is 16.1 Å². The van der Waals surface area contributed by atoms with Crippen LogP contribution < -0.4 is 20.7 Å². The van der Waals surface area contributed by atoms with Crippen molar-refractivity contribution in [3.8, 4) is 5.75 Å². The molecule has 0 fully saturated rings. The molecule has 29 heavy (non-hydrogen) atoms. The quantitative estimate of drug-likeness (QED) is 0.537. The number of benzene rings is 1. The number of carbonyl (C=O) groups is 1. The molecule has 0 atom stereocenters. The van der Waals surface area contributed by atoms with Crippen molar-refractivity contribution >= 4 is 11.6 Å². The standard InChI is InChI=1S/C22H26N4O3/c1-16(26-18-6-4-3-5-7-18)21-19(9-11-24-22(21)27)25-14-17-8-10-23-15-20(17)29-13-12-28-2/h3-8,10,15,25-26H,1,9,11-14H2,2H3,(H,24,27). The molecule has 1 aliphatic heterocycles. The van der Waals surface area contributed by atoms with Crippen molar-refractivity contribution in [3.63, 3.8) is 0 Å². The fourth-order valence-electron chi connectivity index (χ4n) is 3.03. The van der Waals surface area contributed by atoms with Gasteiger partial charge in [0.25, 0.3) is 5.91 Å². The zero-order valence-electron chi connectivity index (χ0n) is 16.5. The smallest absolute Gasteiger partial charge is 0.255 e. The normalized spacial score (nSPS) is 13.6. The van der Waals surface area contributed by atoms with Gasteiger partial charge >= 0.3 is 0 Å². The Balaban J connectivity index is 1.74. The maximum absolute atomic E-state index is 12.5. The summed E-state index contributed by atoms with van der Waals surface area (Å²) in [5.41, 5.74) is 3.78. The minimum Gasteiger partial charge on any atom is -0.489 e. The summed E-state index contributed by atoms with van der Waals surface area (Å²) in [6, 6.07) is 11.6. The molecule has 1 aromatic carbocycles. The predicted molar refractivity (Wildman–Crippen MR) is 112 cm³/mol. The highest BCUT2D eigenvalue weighted by Crippen LogP contribution is 2.22. The highest BCUT2D eigenvalue weighted by molar-refractivity contribution is 6.00. The first-order valence-electron chi connectivity index (χ1n) is 9.50. The summed E-state index contributed by atoms with van der Waals surface area (Å²) in [6.07, 6.45) is 4.10. The van der Waals surface area contributed by atoms with Gasteiger partial charge < -0.3 is 25.4 Å². The summed E-state index contributed by atoms with van der Waals surface area (Å²) in [7, 11) is 1.63. The van der Waals surface area contributed by atoms with E-state index < -0.39 is 0 Å². The third-order valence-corrected chi connectivity index (χ3v) is 4.47. The fourth-order valence-corrected chi connectivity index (χ4v) is 3.03. The second-order valence-corrected chi connectivity index (χ2v) is 6.51. The fraction of sp³-hybridized carbons (Fsp3) is 0.273. The Labute approximate surface area is 170 Å². The highest BCUT2D eigenvalue weighted by Gasteiger charge is 2.23. The number of hydrogen-bond donors (Lipinski definition) is 3. The molecular weight excluding hydrogens is 368 g/mol. The SMILES string of the molecule is C=C(Nc1ccccc1)C1=C(NCc2ccncc2OCCOC)CCNC1=O. The summed E-state index contributed by atoms with van der Waals surface area (Å²) in [5, 5.41) is 9.50. The number of rotatable bonds is 10. The molecular formula is C22H26N4O3. The molecule has 7 heteroatoms. The van der Waals surface area contributed by atoms with E-state index >= 15 is 0 Å². The molecule has 152 valence electrons. The Kier molecular flexibility index (Phi) is 7.24. The lowest BCUT2D eigenvalue weighted by Gasteiger charge is -2.24. The summed E-state index contributed by atoms with van der Waals surface area (Å²) >= 11 is 0. The zero-order chi connectivity index (χ0) is 20.5. The van der Waals surface area contributed by atoms with Gasteiger partial charge in [-0.25, -0.2) is 0 Å². The van der Waals surface area contributed by atoms with Crippen LogP contribution in [0.1, 0.15) is 12.0 Å². The number of carbonyl (C=O) groups excluding carboxylic acids is 1. The number of aromatic nitrogens is 1. The molecule has 0 spiro atoms. The number of methoxy groups -OCH3 is 1. The van der Waals surface area contributed by atoms with Gasteiger partial charge in [-0.05, 0) is 18.2 Å². The Morgan fingerprint density at radius 1 is 1.24 bits per heavy atom. The summed E-state index contributed by atoms with van der Waals surface area (Å²) in [5.74, 6) is 0.555. The van der Waals surface area contributed by atoms with Crippen molar-refractivity contribution in [3.05, 3.63) is 77.9 Å². The number of pyridine rings is 1. The van der Waals surface area contributed by atoms with Gasteiger partial charge in [0, 0.05) is 55.5 Å². The van der Waals surface area contributed by atoms with E-state index in [4.69, 9.17) is 9.47 Å². The van der Waals surface area contributed by atoms with Crippen LogP contribution in [0.4, 0.5) is 5.69 Å². The van der Waals surface area contributed by atoms with Crippen molar-refractivity contribution in [2.45, 2.75) is 13.0 Å². The molecule has 3 rings (SSSR count). The van der Waals surface area contributed by atoms with E-state index in [-0.39, 0.29) is 5.91 Å². The number of para-hydroxylation sites is 1. The Morgan fingerprint density at radius 3 is 2.86 bits per heavy atom. The molecule has 0 unspecified atom stereocenters. The number of hydrogen-bond acceptors (Lipinski definition) is 6. The van der Waals surface area contributed by atoms with Crippen LogP contribution in [0.5, 0.6) is 5.75 Å². The van der Waals surface area contributed by atoms with Crippen LogP contribution >= 0.6 is 0 Å². The minimum atomic E-state index is -0.140. The zero-order valence-corrected chi connectivity index (χ0v) is 16.5. The molecule has 3 N–H and O–H groups in total. The van der Waals surface area contributed by atoms with Crippen LogP contribution in [0.15, 0.2) is 72.3 Å². The van der Waals surface area contributed by atoms with Gasteiger partial charge in [-0.3, -0.25) is 9.78 Å². The Morgan fingerprint density at radius 2 is 2.07 bits per heavy atom. The Bertz CT molecular complexity index is 881. The number of ether oxygens (including phenoxy) is 2. The van der Waals surface area contributed by atoms with Crippen molar-refractivity contribution in [1.82, 2.24) is 15.6 Å². The molecule has 2 heterocycles. The van der Waals surface area contributed by atoms with E-state index in [9.17, 15) is 4.79 Å². The second-order valence-electron chi connectivity index (χ2n) is 6.51. The monoisotopic (exact) mass is 394 g/mol. The summed E-state index contributed by atoms with van der Waals surface area (Å²) < 4.78 is 10.8. The lowest BCUT2D eigenvalue weighted by Crippen LogP contribution is -2.36. The van der Waals surface area contributed by atoms with Crippen LogP contribution in [0.25, 0.3) is 0 Å². The largest absolute Gasteiger partial charge is 0.489 e. The average molecular weight is 394 g/mol. The second kappa shape index (κ2) is 10.3. The first-order chi connectivity index (χ1) is 14.2. The molecule has 1 aromatic heterocycles. The molecule has 0 aliphatic carbocycles. The summed E-state index contributed by atoms with van der Waals surface area (Å²) in [4.78, 5) is 16.7. The van der Waals surface area contributed by atoms with Gasteiger partial charge in [-0.1, -0.05) is 24.8 Å². The molecule has 0 saturated carbocycles. The van der Waals surface area contributed by atoms with E-state index in [0.717, 1.165) is 16.9 Å². The number of anilines is 1. The van der Waals surface area contributed by atoms with E-state index in [1.54, 1.807) is 19.5 Å². The predicted octanol–water partition coefficient (Wildman–Crippen LogP) is 2.60. The van der Waals surface area contributed by atoms with E-state index in [1.807, 2.05) is 36.4 Å². The summed E-state index contributed by atoms with van der Waals surface area (Å²) in [6.45, 7) is 6.12. The van der Waals surface area contributed by atoms with Crippen LogP contribution in [0.2, 0.25) is 0 Å². The van der Waals surface area contributed by atoms with Crippen molar-refractivity contribution < 1.29 is 14.3 Å². The van der Waals surface area contributed by atoms with Gasteiger partial charge in [0.1, 0.15) is 12.4 Å². The molecule has 2 aromatic rings. The maximum atomic E-state index is 12.5. The van der Waals surface area contributed by atoms with Crippen LogP contribution in [0, 0.1) is 0 Å². The lowest BCUT2D eigenvalue weighted by atomic mass is 10.0. The van der Waals surface area contributed by atoms with Crippen LogP contribution in [-0.4, -0.2) is 37.8 Å². The first-order valence-corrected chi connectivity index (χ1v) is 9.50. The minimum absolute atomic E-state index is 0.140. The Hall–Kier alpha value is -3.32. The molecule has 0 bridgehead atoms. The maximum Gasteiger partial charge on any atom is 0.255 e. The van der Waals surface area contributed by atoms with Gasteiger partial charge in [0.2, 0.25) is 0 Å². The van der Waals surface area contributed by atoms with Gasteiger partial charge in [-0.2, -0.15) is 0 Å². The molecule has 1 aliphatic rings. The molecule has 7 nitrogen and oxygen atoms in total.